The molecule has 1 fully saturated rings. The smallest absolute Gasteiger partial charge is 0.338 e. The fraction of sp³-hybridized carbons (Fsp3) is 0.550. The van der Waals surface area contributed by atoms with Gasteiger partial charge >= 0.3 is 5.97 Å². The minimum atomic E-state index is -0.604. The number of hydrogen-bond acceptors (Lipinski definition) is 6. The van der Waals surface area contributed by atoms with Crippen LogP contribution in [-0.2, 0) is 19.1 Å². The lowest BCUT2D eigenvalue weighted by atomic mass is 10.2. The van der Waals surface area contributed by atoms with Gasteiger partial charge in [-0.15, -0.1) is 0 Å². The molecule has 0 unspecified atom stereocenters. The van der Waals surface area contributed by atoms with Crippen molar-refractivity contribution in [1.29, 1.82) is 0 Å². The maximum Gasteiger partial charge on any atom is 0.338 e. The second-order valence-electron chi connectivity index (χ2n) is 6.41. The van der Waals surface area contributed by atoms with Gasteiger partial charge in [-0.25, -0.2) is 4.79 Å². The Balaban J connectivity index is 1.78. The first kappa shape index (κ1) is 21.7. The summed E-state index contributed by atoms with van der Waals surface area (Å²) in [6, 6.07) is 6.54. The van der Waals surface area contributed by atoms with E-state index in [9.17, 15) is 14.4 Å². The van der Waals surface area contributed by atoms with Crippen molar-refractivity contribution in [3.05, 3.63) is 29.8 Å². The number of nitrogens with zero attached hydrogens (tertiary/aromatic N) is 1. The third kappa shape index (κ3) is 6.84. The predicted octanol–water partition coefficient (Wildman–Crippen LogP) is 1.39. The van der Waals surface area contributed by atoms with Gasteiger partial charge in [0.1, 0.15) is 12.4 Å². The van der Waals surface area contributed by atoms with Crippen LogP contribution in [0.3, 0.4) is 0 Å². The van der Waals surface area contributed by atoms with E-state index in [-0.39, 0.29) is 18.6 Å². The number of carbonyl (C=O) groups excluding carboxylic acids is 3. The molecule has 2 rings (SSSR count). The third-order valence-electron chi connectivity index (χ3n) is 4.32. The molecule has 1 aromatic carbocycles. The largest absolute Gasteiger partial charge is 0.491 e. The number of amides is 2. The molecule has 1 saturated heterocycles. The average molecular weight is 392 g/mol. The molecule has 1 aromatic rings. The van der Waals surface area contributed by atoms with Gasteiger partial charge in [-0.2, -0.15) is 0 Å². The molecule has 0 spiro atoms. The summed E-state index contributed by atoms with van der Waals surface area (Å²) in [5.74, 6) is -0.628. The second kappa shape index (κ2) is 11.3. The van der Waals surface area contributed by atoms with Crippen molar-refractivity contribution < 1.29 is 28.6 Å². The number of carbonyl (C=O) groups is 3. The van der Waals surface area contributed by atoms with Crippen LogP contribution < -0.4 is 10.1 Å². The van der Waals surface area contributed by atoms with E-state index in [1.165, 1.54) is 4.90 Å². The van der Waals surface area contributed by atoms with E-state index in [1.54, 1.807) is 38.1 Å². The standard InChI is InChI=1S/C20H28N2O6/c1-3-21-18(23)12-22(4-2)19(24)14-28-20(25)15-7-9-16(10-8-15)27-13-17-6-5-11-26-17/h7-10,17H,3-6,11-14H2,1-2H3,(H,21,23)/t17-/m0/s1. The molecule has 0 saturated carbocycles. The number of hydrogen-bond donors (Lipinski definition) is 1. The van der Waals surface area contributed by atoms with Gasteiger partial charge in [0.25, 0.3) is 5.91 Å². The number of benzene rings is 1. The maximum atomic E-state index is 12.2. The lowest BCUT2D eigenvalue weighted by Crippen LogP contribution is -2.42. The normalized spacial score (nSPS) is 15.7. The van der Waals surface area contributed by atoms with Crippen molar-refractivity contribution in [2.24, 2.45) is 0 Å². The molecule has 8 nitrogen and oxygen atoms in total. The Morgan fingerprint density at radius 2 is 1.96 bits per heavy atom. The summed E-state index contributed by atoms with van der Waals surface area (Å²) < 4.78 is 16.2. The Morgan fingerprint density at radius 1 is 1.21 bits per heavy atom. The Kier molecular flexibility index (Phi) is 8.74. The van der Waals surface area contributed by atoms with E-state index in [0.717, 1.165) is 19.4 Å². The number of likely N-dealkylation sites (N-methyl/N-ethyl adjacent to an activating group) is 2. The Labute approximate surface area is 165 Å². The van der Waals surface area contributed by atoms with Gasteiger partial charge in [0.2, 0.25) is 5.91 Å². The van der Waals surface area contributed by atoms with Crippen LogP contribution in [0.25, 0.3) is 0 Å². The van der Waals surface area contributed by atoms with Crippen molar-refractivity contribution in [3.8, 4) is 5.75 Å². The van der Waals surface area contributed by atoms with E-state index in [1.807, 2.05) is 0 Å². The number of ether oxygens (including phenoxy) is 3. The fourth-order valence-corrected chi connectivity index (χ4v) is 2.76. The van der Waals surface area contributed by atoms with E-state index in [0.29, 0.717) is 31.0 Å². The average Bonchev–Trinajstić information content (AvgIpc) is 3.22. The van der Waals surface area contributed by atoms with Crippen LogP contribution in [0.1, 0.15) is 37.0 Å². The van der Waals surface area contributed by atoms with Crippen LogP contribution in [0.5, 0.6) is 5.75 Å². The minimum Gasteiger partial charge on any atom is -0.491 e. The monoisotopic (exact) mass is 392 g/mol. The summed E-state index contributed by atoms with van der Waals surface area (Å²) in [7, 11) is 0. The van der Waals surface area contributed by atoms with Gasteiger partial charge in [0.15, 0.2) is 6.61 Å². The molecule has 0 radical (unpaired) electrons. The third-order valence-corrected chi connectivity index (χ3v) is 4.32. The van der Waals surface area contributed by atoms with Gasteiger partial charge < -0.3 is 24.4 Å². The van der Waals surface area contributed by atoms with Gasteiger partial charge in [-0.3, -0.25) is 9.59 Å². The maximum absolute atomic E-state index is 12.2. The van der Waals surface area contributed by atoms with Crippen molar-refractivity contribution in [3.63, 3.8) is 0 Å². The quantitative estimate of drug-likeness (QED) is 0.605. The van der Waals surface area contributed by atoms with Gasteiger partial charge in [0, 0.05) is 19.7 Å². The predicted molar refractivity (Wildman–Crippen MR) is 102 cm³/mol. The van der Waals surface area contributed by atoms with Crippen molar-refractivity contribution >= 4 is 17.8 Å². The summed E-state index contributed by atoms with van der Waals surface area (Å²) >= 11 is 0. The van der Waals surface area contributed by atoms with Crippen molar-refractivity contribution in [2.75, 3.05) is 39.5 Å². The van der Waals surface area contributed by atoms with E-state index < -0.39 is 18.5 Å². The Bertz CT molecular complexity index is 655. The first-order valence-electron chi connectivity index (χ1n) is 9.59. The number of rotatable bonds is 10. The zero-order chi connectivity index (χ0) is 20.4. The molecule has 1 atom stereocenters. The first-order chi connectivity index (χ1) is 13.5. The van der Waals surface area contributed by atoms with E-state index >= 15 is 0 Å². The topological polar surface area (TPSA) is 94.2 Å². The summed E-state index contributed by atoms with van der Waals surface area (Å²) in [4.78, 5) is 37.2. The second-order valence-corrected chi connectivity index (χ2v) is 6.41. The molecule has 2 amide bonds. The minimum absolute atomic E-state index is 0.0581. The highest BCUT2D eigenvalue weighted by molar-refractivity contribution is 5.92. The Morgan fingerprint density at radius 3 is 2.57 bits per heavy atom. The summed E-state index contributed by atoms with van der Waals surface area (Å²) in [6.07, 6.45) is 2.17. The molecule has 8 heteroatoms. The van der Waals surface area contributed by atoms with Crippen LogP contribution in [0, 0.1) is 0 Å². The number of nitrogens with one attached hydrogen (secondary N) is 1. The molecular formula is C20H28N2O6. The molecule has 0 aliphatic carbocycles. The van der Waals surface area contributed by atoms with Crippen molar-refractivity contribution in [2.45, 2.75) is 32.8 Å². The molecule has 1 heterocycles. The highest BCUT2D eigenvalue weighted by Gasteiger charge is 2.18. The van der Waals surface area contributed by atoms with E-state index in [2.05, 4.69) is 5.32 Å². The molecule has 1 N–H and O–H groups in total. The molecule has 1 aliphatic rings. The Hall–Kier alpha value is -2.61. The summed E-state index contributed by atoms with van der Waals surface area (Å²) in [5, 5.41) is 2.63. The summed E-state index contributed by atoms with van der Waals surface area (Å²) in [5.41, 5.74) is 0.323. The zero-order valence-electron chi connectivity index (χ0n) is 16.4. The molecular weight excluding hydrogens is 364 g/mol. The molecule has 1 aliphatic heterocycles. The van der Waals surface area contributed by atoms with Crippen LogP contribution in [0.2, 0.25) is 0 Å². The lowest BCUT2D eigenvalue weighted by Gasteiger charge is -2.20. The van der Waals surface area contributed by atoms with Gasteiger partial charge in [-0.1, -0.05) is 0 Å². The molecule has 0 bridgehead atoms. The van der Waals surface area contributed by atoms with Gasteiger partial charge in [0.05, 0.1) is 18.2 Å². The molecule has 0 aromatic heterocycles. The van der Waals surface area contributed by atoms with Gasteiger partial charge in [-0.05, 0) is 51.0 Å². The molecule has 28 heavy (non-hydrogen) atoms. The fourth-order valence-electron chi connectivity index (χ4n) is 2.76. The highest BCUT2D eigenvalue weighted by Crippen LogP contribution is 2.17. The zero-order valence-corrected chi connectivity index (χ0v) is 16.4. The summed E-state index contributed by atoms with van der Waals surface area (Å²) in [6.45, 7) is 5.19. The van der Waals surface area contributed by atoms with Crippen LogP contribution in [0.15, 0.2) is 24.3 Å². The SMILES string of the molecule is CCNC(=O)CN(CC)C(=O)COC(=O)c1ccc(OC[C@@H]2CCCO2)cc1. The van der Waals surface area contributed by atoms with E-state index in [4.69, 9.17) is 14.2 Å². The van der Waals surface area contributed by atoms with Crippen LogP contribution in [-0.4, -0.2) is 68.2 Å². The number of esters is 1. The first-order valence-corrected chi connectivity index (χ1v) is 9.59. The van der Waals surface area contributed by atoms with Crippen LogP contribution >= 0.6 is 0 Å². The van der Waals surface area contributed by atoms with Crippen LogP contribution in [0.4, 0.5) is 0 Å². The lowest BCUT2D eigenvalue weighted by molar-refractivity contribution is -0.138. The highest BCUT2D eigenvalue weighted by atomic mass is 16.5. The van der Waals surface area contributed by atoms with Crippen molar-refractivity contribution in [1.82, 2.24) is 10.2 Å². The molecule has 154 valence electrons.